The highest BCUT2D eigenvalue weighted by molar-refractivity contribution is 5.95. The van der Waals surface area contributed by atoms with Gasteiger partial charge in [0.2, 0.25) is 5.91 Å². The molecule has 0 aromatic carbocycles. The zero-order valence-electron chi connectivity index (χ0n) is 12.7. The van der Waals surface area contributed by atoms with Gasteiger partial charge in [0.25, 0.3) is 5.91 Å². The van der Waals surface area contributed by atoms with Crippen LogP contribution < -0.4 is 0 Å². The molecule has 0 bridgehead atoms. The monoisotopic (exact) mass is 290 g/mol. The molecule has 1 saturated carbocycles. The SMILES string of the molecule is CC(=O)N1CCCN(C(=O)c2cnn(C)c2C2CC2)CC1. The Labute approximate surface area is 124 Å². The molecule has 6 nitrogen and oxygen atoms in total. The van der Waals surface area contributed by atoms with Crippen LogP contribution >= 0.6 is 0 Å². The van der Waals surface area contributed by atoms with Gasteiger partial charge in [-0.25, -0.2) is 0 Å². The van der Waals surface area contributed by atoms with E-state index >= 15 is 0 Å². The average Bonchev–Trinajstić information content (AvgIpc) is 3.24. The fourth-order valence-corrected chi connectivity index (χ4v) is 3.06. The lowest BCUT2D eigenvalue weighted by atomic mass is 10.1. The first-order valence-electron chi connectivity index (χ1n) is 7.64. The summed E-state index contributed by atoms with van der Waals surface area (Å²) in [5.41, 5.74) is 1.82. The Balaban J connectivity index is 1.75. The molecule has 1 aromatic heterocycles. The van der Waals surface area contributed by atoms with Crippen molar-refractivity contribution in [1.29, 1.82) is 0 Å². The van der Waals surface area contributed by atoms with Crippen molar-refractivity contribution in [3.63, 3.8) is 0 Å². The van der Waals surface area contributed by atoms with Crippen LogP contribution in [0.4, 0.5) is 0 Å². The van der Waals surface area contributed by atoms with E-state index in [1.54, 1.807) is 13.1 Å². The predicted octanol–water partition coefficient (Wildman–Crippen LogP) is 0.992. The van der Waals surface area contributed by atoms with Crippen LogP contribution in [0.3, 0.4) is 0 Å². The molecule has 1 aromatic rings. The Kier molecular flexibility index (Phi) is 3.69. The first-order valence-corrected chi connectivity index (χ1v) is 7.64. The molecule has 3 rings (SSSR count). The van der Waals surface area contributed by atoms with E-state index in [4.69, 9.17) is 0 Å². The van der Waals surface area contributed by atoms with E-state index in [1.165, 1.54) is 0 Å². The summed E-state index contributed by atoms with van der Waals surface area (Å²) in [6.07, 6.45) is 4.84. The fourth-order valence-electron chi connectivity index (χ4n) is 3.06. The molecule has 0 unspecified atom stereocenters. The minimum Gasteiger partial charge on any atom is -0.341 e. The molecule has 114 valence electrons. The molecule has 0 radical (unpaired) electrons. The van der Waals surface area contributed by atoms with Gasteiger partial charge in [0.1, 0.15) is 0 Å². The van der Waals surface area contributed by atoms with Gasteiger partial charge in [0.15, 0.2) is 0 Å². The van der Waals surface area contributed by atoms with Gasteiger partial charge >= 0.3 is 0 Å². The fraction of sp³-hybridized carbons (Fsp3) is 0.667. The molecule has 1 saturated heterocycles. The third-order valence-corrected chi connectivity index (χ3v) is 4.41. The van der Waals surface area contributed by atoms with Gasteiger partial charge in [-0.15, -0.1) is 0 Å². The maximum Gasteiger partial charge on any atom is 0.257 e. The molecular weight excluding hydrogens is 268 g/mol. The van der Waals surface area contributed by atoms with Gasteiger partial charge in [-0.3, -0.25) is 14.3 Å². The van der Waals surface area contributed by atoms with Crippen LogP contribution in [0.15, 0.2) is 6.20 Å². The standard InChI is InChI=1S/C15H22N4O2/c1-11(20)18-6-3-7-19(9-8-18)15(21)13-10-16-17(2)14(13)12-4-5-12/h10,12H,3-9H2,1-2H3. The zero-order valence-corrected chi connectivity index (χ0v) is 12.7. The lowest BCUT2D eigenvalue weighted by molar-refractivity contribution is -0.128. The quantitative estimate of drug-likeness (QED) is 0.816. The number of hydrogen-bond acceptors (Lipinski definition) is 3. The van der Waals surface area contributed by atoms with Gasteiger partial charge in [-0.1, -0.05) is 0 Å². The average molecular weight is 290 g/mol. The summed E-state index contributed by atoms with van der Waals surface area (Å²) in [7, 11) is 1.91. The van der Waals surface area contributed by atoms with Crippen molar-refractivity contribution in [2.45, 2.75) is 32.1 Å². The van der Waals surface area contributed by atoms with Gasteiger partial charge in [-0.2, -0.15) is 5.10 Å². The highest BCUT2D eigenvalue weighted by Crippen LogP contribution is 2.41. The Bertz CT molecular complexity index is 562. The molecule has 1 aliphatic carbocycles. The van der Waals surface area contributed by atoms with Crippen LogP contribution in [0.5, 0.6) is 0 Å². The van der Waals surface area contributed by atoms with Gasteiger partial charge < -0.3 is 9.80 Å². The number of aryl methyl sites for hydroxylation is 1. The normalized spacial score (nSPS) is 19.5. The molecule has 2 amide bonds. The Morgan fingerprint density at radius 1 is 1.14 bits per heavy atom. The van der Waals surface area contributed by atoms with E-state index in [0.29, 0.717) is 25.6 Å². The first kappa shape index (κ1) is 14.1. The number of carbonyl (C=O) groups excluding carboxylic acids is 2. The molecule has 6 heteroatoms. The maximum atomic E-state index is 12.8. The van der Waals surface area contributed by atoms with Crippen molar-refractivity contribution in [1.82, 2.24) is 19.6 Å². The van der Waals surface area contributed by atoms with Crippen molar-refractivity contribution in [2.75, 3.05) is 26.2 Å². The molecule has 2 heterocycles. The number of hydrogen-bond donors (Lipinski definition) is 0. The van der Waals surface area contributed by atoms with Crippen LogP contribution in [0, 0.1) is 0 Å². The number of amides is 2. The van der Waals surface area contributed by atoms with Crippen LogP contribution in [0.25, 0.3) is 0 Å². The summed E-state index contributed by atoms with van der Waals surface area (Å²) in [6, 6.07) is 0. The molecule has 0 spiro atoms. The Hall–Kier alpha value is -1.85. The molecule has 2 aliphatic rings. The summed E-state index contributed by atoms with van der Waals surface area (Å²) in [5.74, 6) is 0.650. The van der Waals surface area contributed by atoms with Crippen LogP contribution in [0.2, 0.25) is 0 Å². The summed E-state index contributed by atoms with van der Waals surface area (Å²) in [6.45, 7) is 4.27. The molecular formula is C15H22N4O2. The second kappa shape index (κ2) is 5.50. The third-order valence-electron chi connectivity index (χ3n) is 4.41. The van der Waals surface area contributed by atoms with Crippen molar-refractivity contribution in [3.05, 3.63) is 17.5 Å². The van der Waals surface area contributed by atoms with Crippen LogP contribution in [0.1, 0.15) is 48.2 Å². The summed E-state index contributed by atoms with van der Waals surface area (Å²) < 4.78 is 1.84. The Morgan fingerprint density at radius 2 is 1.81 bits per heavy atom. The van der Waals surface area contributed by atoms with Crippen LogP contribution in [-0.2, 0) is 11.8 Å². The van der Waals surface area contributed by atoms with Crippen molar-refractivity contribution in [3.8, 4) is 0 Å². The molecule has 21 heavy (non-hydrogen) atoms. The zero-order chi connectivity index (χ0) is 15.0. The van der Waals surface area contributed by atoms with E-state index in [2.05, 4.69) is 5.10 Å². The predicted molar refractivity (Wildman–Crippen MR) is 78.0 cm³/mol. The van der Waals surface area contributed by atoms with Crippen molar-refractivity contribution < 1.29 is 9.59 Å². The minimum atomic E-state index is 0.0652. The largest absolute Gasteiger partial charge is 0.341 e. The summed E-state index contributed by atoms with van der Waals surface area (Å²) in [4.78, 5) is 27.9. The highest BCUT2D eigenvalue weighted by Gasteiger charge is 2.33. The first-order chi connectivity index (χ1) is 10.1. The van der Waals surface area contributed by atoms with E-state index in [1.807, 2.05) is 21.5 Å². The summed E-state index contributed by atoms with van der Waals surface area (Å²) in [5, 5.41) is 4.26. The number of rotatable bonds is 2. The van der Waals surface area contributed by atoms with Crippen LogP contribution in [-0.4, -0.2) is 57.6 Å². The topological polar surface area (TPSA) is 58.4 Å². The number of carbonyl (C=O) groups is 2. The maximum absolute atomic E-state index is 12.8. The van der Waals surface area contributed by atoms with Gasteiger partial charge in [0.05, 0.1) is 17.5 Å². The lowest BCUT2D eigenvalue weighted by Crippen LogP contribution is -2.36. The second-order valence-corrected chi connectivity index (χ2v) is 5.99. The molecule has 0 atom stereocenters. The molecule has 1 aliphatic heterocycles. The van der Waals surface area contributed by atoms with E-state index < -0.39 is 0 Å². The minimum absolute atomic E-state index is 0.0652. The second-order valence-electron chi connectivity index (χ2n) is 5.99. The van der Waals surface area contributed by atoms with Crippen molar-refractivity contribution in [2.24, 2.45) is 7.05 Å². The molecule has 0 N–H and O–H groups in total. The van der Waals surface area contributed by atoms with Gasteiger partial charge in [-0.05, 0) is 19.3 Å². The van der Waals surface area contributed by atoms with E-state index in [-0.39, 0.29) is 11.8 Å². The van der Waals surface area contributed by atoms with E-state index in [9.17, 15) is 9.59 Å². The third kappa shape index (κ3) is 2.80. The number of aromatic nitrogens is 2. The molecule has 2 fully saturated rings. The smallest absolute Gasteiger partial charge is 0.257 e. The van der Waals surface area contributed by atoms with Crippen molar-refractivity contribution >= 4 is 11.8 Å². The summed E-state index contributed by atoms with van der Waals surface area (Å²) >= 11 is 0. The lowest BCUT2D eigenvalue weighted by Gasteiger charge is -2.21. The highest BCUT2D eigenvalue weighted by atomic mass is 16.2. The van der Waals surface area contributed by atoms with E-state index in [0.717, 1.165) is 37.1 Å². The Morgan fingerprint density at radius 3 is 2.48 bits per heavy atom. The number of nitrogens with zero attached hydrogens (tertiary/aromatic N) is 4. The van der Waals surface area contributed by atoms with Gasteiger partial charge in [0, 0.05) is 46.1 Å².